The summed E-state index contributed by atoms with van der Waals surface area (Å²) in [5.74, 6) is -0.377. The predicted molar refractivity (Wildman–Crippen MR) is 71.9 cm³/mol. The predicted octanol–water partition coefficient (Wildman–Crippen LogP) is 2.00. The monoisotopic (exact) mass is 259 g/mol. The molecule has 0 saturated heterocycles. The Morgan fingerprint density at radius 3 is 2.21 bits per heavy atom. The van der Waals surface area contributed by atoms with Gasteiger partial charge in [-0.3, -0.25) is 14.5 Å². The second-order valence-corrected chi connectivity index (χ2v) is 4.46. The molecule has 1 aromatic carbocycles. The first-order valence-corrected chi connectivity index (χ1v) is 6.47. The lowest BCUT2D eigenvalue weighted by Gasteiger charge is -2.12. The molecule has 1 aliphatic heterocycles. The minimum atomic E-state index is -0.188. The minimum Gasteiger partial charge on any atom is -0.392 e. The van der Waals surface area contributed by atoms with Crippen molar-refractivity contribution < 1.29 is 14.7 Å². The Morgan fingerprint density at radius 2 is 1.63 bits per heavy atom. The van der Waals surface area contributed by atoms with Gasteiger partial charge in [-0.2, -0.15) is 0 Å². The molecule has 0 aliphatic carbocycles. The van der Waals surface area contributed by atoms with E-state index in [4.69, 9.17) is 5.11 Å². The van der Waals surface area contributed by atoms with E-state index in [0.29, 0.717) is 17.7 Å². The zero-order valence-electron chi connectivity index (χ0n) is 10.7. The number of allylic oxidation sites excluding steroid dienone is 1. The second kappa shape index (κ2) is 6.29. The summed E-state index contributed by atoms with van der Waals surface area (Å²) >= 11 is 0. The average Bonchev–Trinajstić information content (AvgIpc) is 2.68. The van der Waals surface area contributed by atoms with E-state index < -0.39 is 0 Å². The van der Waals surface area contributed by atoms with Crippen LogP contribution in [0.3, 0.4) is 0 Å². The summed E-state index contributed by atoms with van der Waals surface area (Å²) in [6.45, 7) is 0.512. The lowest BCUT2D eigenvalue weighted by atomic mass is 10.1. The molecular formula is C15H17NO3. The number of amides is 2. The molecule has 19 heavy (non-hydrogen) atoms. The third-order valence-corrected chi connectivity index (χ3v) is 3.15. The van der Waals surface area contributed by atoms with Crippen molar-refractivity contribution >= 4 is 11.8 Å². The van der Waals surface area contributed by atoms with Gasteiger partial charge < -0.3 is 5.11 Å². The Kier molecular flexibility index (Phi) is 4.47. The molecule has 2 rings (SSSR count). The number of fused-ring (bicyclic) bond motifs is 1. The number of aliphatic hydroxyl groups excluding tert-OH is 1. The molecule has 2 amide bonds. The summed E-state index contributed by atoms with van der Waals surface area (Å²) in [7, 11) is 0. The van der Waals surface area contributed by atoms with Gasteiger partial charge in [-0.15, -0.1) is 0 Å². The molecule has 0 bridgehead atoms. The van der Waals surface area contributed by atoms with Crippen molar-refractivity contribution in [1.29, 1.82) is 0 Å². The van der Waals surface area contributed by atoms with E-state index in [1.54, 1.807) is 30.3 Å². The van der Waals surface area contributed by atoms with Crippen LogP contribution in [0.4, 0.5) is 0 Å². The van der Waals surface area contributed by atoms with Crippen LogP contribution in [-0.4, -0.2) is 35.0 Å². The Bertz CT molecular complexity index is 473. The Balaban J connectivity index is 1.88. The van der Waals surface area contributed by atoms with E-state index in [2.05, 4.69) is 0 Å². The van der Waals surface area contributed by atoms with Crippen LogP contribution in [-0.2, 0) is 0 Å². The molecule has 0 saturated carbocycles. The van der Waals surface area contributed by atoms with Crippen LogP contribution in [0.1, 0.15) is 40.0 Å². The fraction of sp³-hybridized carbons (Fsp3) is 0.333. The third kappa shape index (κ3) is 2.90. The quantitative estimate of drug-likeness (QED) is 0.483. The Morgan fingerprint density at radius 1 is 1.00 bits per heavy atom. The van der Waals surface area contributed by atoms with E-state index in [9.17, 15) is 9.59 Å². The summed E-state index contributed by atoms with van der Waals surface area (Å²) in [6.07, 6.45) is 6.12. The van der Waals surface area contributed by atoms with E-state index in [1.807, 2.05) is 6.08 Å². The van der Waals surface area contributed by atoms with Crippen LogP contribution in [0.2, 0.25) is 0 Å². The number of aliphatic hydroxyl groups is 1. The van der Waals surface area contributed by atoms with Crippen molar-refractivity contribution in [2.75, 3.05) is 13.2 Å². The van der Waals surface area contributed by atoms with Crippen LogP contribution in [0, 0.1) is 0 Å². The summed E-state index contributed by atoms with van der Waals surface area (Å²) in [5, 5.41) is 8.58. The molecular weight excluding hydrogens is 242 g/mol. The van der Waals surface area contributed by atoms with Crippen molar-refractivity contribution in [3.8, 4) is 0 Å². The van der Waals surface area contributed by atoms with Crippen molar-refractivity contribution in [1.82, 2.24) is 4.90 Å². The molecule has 4 heteroatoms. The molecule has 1 N–H and O–H groups in total. The van der Waals surface area contributed by atoms with Gasteiger partial charge in [-0.05, 0) is 31.4 Å². The zero-order chi connectivity index (χ0) is 13.7. The fourth-order valence-electron chi connectivity index (χ4n) is 2.17. The molecule has 1 aromatic rings. The first-order chi connectivity index (χ1) is 9.25. The maximum atomic E-state index is 12.0. The number of carbonyl (C=O) groups is 2. The molecule has 1 aliphatic rings. The highest BCUT2D eigenvalue weighted by Gasteiger charge is 2.34. The van der Waals surface area contributed by atoms with Gasteiger partial charge >= 0.3 is 0 Å². The zero-order valence-corrected chi connectivity index (χ0v) is 10.7. The number of rotatable bonds is 6. The number of unbranched alkanes of at least 4 members (excludes halogenated alkanes) is 2. The van der Waals surface area contributed by atoms with Gasteiger partial charge in [0, 0.05) is 6.54 Å². The van der Waals surface area contributed by atoms with E-state index in [-0.39, 0.29) is 18.4 Å². The largest absolute Gasteiger partial charge is 0.392 e. The lowest BCUT2D eigenvalue weighted by Crippen LogP contribution is -2.30. The Hall–Kier alpha value is -1.94. The standard InChI is InChI=1S/C15H17NO3/c17-11-7-3-1-2-6-10-16-14(18)12-8-4-5-9-13(12)15(16)19/h3-5,7-9,17H,1-2,6,10-11H2. The van der Waals surface area contributed by atoms with Gasteiger partial charge in [0.05, 0.1) is 17.7 Å². The maximum absolute atomic E-state index is 12.0. The van der Waals surface area contributed by atoms with Crippen LogP contribution < -0.4 is 0 Å². The average molecular weight is 259 g/mol. The first-order valence-electron chi connectivity index (χ1n) is 6.47. The molecule has 0 aromatic heterocycles. The number of imide groups is 1. The van der Waals surface area contributed by atoms with E-state index in [1.165, 1.54) is 4.90 Å². The van der Waals surface area contributed by atoms with Gasteiger partial charge in [-0.1, -0.05) is 24.3 Å². The highest BCUT2D eigenvalue weighted by Crippen LogP contribution is 2.22. The summed E-state index contributed by atoms with van der Waals surface area (Å²) in [5.41, 5.74) is 1.01. The Labute approximate surface area is 112 Å². The number of carbonyl (C=O) groups excluding carboxylic acids is 2. The smallest absolute Gasteiger partial charge is 0.261 e. The van der Waals surface area contributed by atoms with Gasteiger partial charge in [0.15, 0.2) is 0 Å². The van der Waals surface area contributed by atoms with Crippen LogP contribution >= 0.6 is 0 Å². The molecule has 0 fully saturated rings. The van der Waals surface area contributed by atoms with Gasteiger partial charge in [0.1, 0.15) is 0 Å². The number of hydrogen-bond acceptors (Lipinski definition) is 3. The van der Waals surface area contributed by atoms with Gasteiger partial charge in [0.25, 0.3) is 11.8 Å². The number of hydrogen-bond donors (Lipinski definition) is 1. The fourth-order valence-corrected chi connectivity index (χ4v) is 2.17. The highest BCUT2D eigenvalue weighted by atomic mass is 16.2. The third-order valence-electron chi connectivity index (χ3n) is 3.15. The van der Waals surface area contributed by atoms with Crippen LogP contribution in [0.15, 0.2) is 36.4 Å². The van der Waals surface area contributed by atoms with Crippen molar-refractivity contribution in [2.24, 2.45) is 0 Å². The molecule has 1 heterocycles. The minimum absolute atomic E-state index is 0.0540. The van der Waals surface area contributed by atoms with E-state index in [0.717, 1.165) is 19.3 Å². The summed E-state index contributed by atoms with van der Waals surface area (Å²) in [4.78, 5) is 25.4. The van der Waals surface area contributed by atoms with E-state index >= 15 is 0 Å². The van der Waals surface area contributed by atoms with Crippen molar-refractivity contribution in [2.45, 2.75) is 19.3 Å². The summed E-state index contributed by atoms with van der Waals surface area (Å²) in [6, 6.07) is 6.93. The number of benzene rings is 1. The molecule has 4 nitrogen and oxygen atoms in total. The molecule has 100 valence electrons. The molecule has 0 radical (unpaired) electrons. The van der Waals surface area contributed by atoms with Crippen molar-refractivity contribution in [3.05, 3.63) is 47.5 Å². The normalized spacial score (nSPS) is 14.5. The first kappa shape index (κ1) is 13.5. The number of nitrogens with zero attached hydrogens (tertiary/aromatic N) is 1. The SMILES string of the molecule is O=C1c2ccccc2C(=O)N1CCCCC=CCO. The van der Waals surface area contributed by atoms with Crippen LogP contribution in [0.25, 0.3) is 0 Å². The van der Waals surface area contributed by atoms with Gasteiger partial charge in [-0.25, -0.2) is 0 Å². The highest BCUT2D eigenvalue weighted by molar-refractivity contribution is 6.21. The van der Waals surface area contributed by atoms with Crippen molar-refractivity contribution in [3.63, 3.8) is 0 Å². The van der Waals surface area contributed by atoms with Gasteiger partial charge in [0.2, 0.25) is 0 Å². The second-order valence-electron chi connectivity index (χ2n) is 4.46. The molecule has 0 atom stereocenters. The summed E-state index contributed by atoms with van der Waals surface area (Å²) < 4.78 is 0. The lowest BCUT2D eigenvalue weighted by molar-refractivity contribution is 0.0652. The molecule has 0 unspecified atom stereocenters. The molecule has 0 spiro atoms. The topological polar surface area (TPSA) is 57.6 Å². The maximum Gasteiger partial charge on any atom is 0.261 e. The van der Waals surface area contributed by atoms with Crippen LogP contribution in [0.5, 0.6) is 0 Å².